The highest BCUT2D eigenvalue weighted by molar-refractivity contribution is 5.76. The predicted octanol–water partition coefficient (Wildman–Crippen LogP) is 22.4. The minimum Gasteiger partial charge on any atom is -0.466 e. The fourth-order valence-corrected chi connectivity index (χ4v) is 11.2. The number of hydrogen-bond acceptors (Lipinski definition) is 5. The summed E-state index contributed by atoms with van der Waals surface area (Å²) in [5.74, 6) is -0.0258. The van der Waals surface area contributed by atoms with Crippen LogP contribution in [0.2, 0.25) is 0 Å². The van der Waals surface area contributed by atoms with Crippen molar-refractivity contribution in [2.45, 2.75) is 411 Å². The first-order chi connectivity index (χ1) is 37.5. The normalized spacial score (nSPS) is 12.5. The predicted molar refractivity (Wildman–Crippen MR) is 333 cm³/mol. The second kappa shape index (κ2) is 66.1. The van der Waals surface area contributed by atoms with Crippen molar-refractivity contribution in [1.82, 2.24) is 5.32 Å². The second-order valence-electron chi connectivity index (χ2n) is 24.2. The Morgan fingerprint density at radius 1 is 0.355 bits per heavy atom. The highest BCUT2D eigenvalue weighted by Crippen LogP contribution is 2.19. The summed E-state index contributed by atoms with van der Waals surface area (Å²) >= 11 is 0. The number of amides is 1. The Morgan fingerprint density at radius 2 is 0.618 bits per heavy atom. The van der Waals surface area contributed by atoms with Gasteiger partial charge in [0.2, 0.25) is 5.91 Å². The van der Waals surface area contributed by atoms with Crippen LogP contribution in [0.1, 0.15) is 399 Å². The molecule has 6 nitrogen and oxygen atoms in total. The lowest BCUT2D eigenvalue weighted by molar-refractivity contribution is -0.143. The van der Waals surface area contributed by atoms with Crippen LogP contribution < -0.4 is 5.32 Å². The van der Waals surface area contributed by atoms with Crippen LogP contribution >= 0.6 is 0 Å². The molecule has 0 aliphatic heterocycles. The monoisotopic (exact) mass is 1070 g/mol. The molecule has 0 aromatic heterocycles. The Hall–Kier alpha value is -1.40. The number of esters is 1. The van der Waals surface area contributed by atoms with Crippen LogP contribution in [-0.4, -0.2) is 47.4 Å². The Morgan fingerprint density at radius 3 is 0.934 bits per heavy atom. The number of nitrogens with one attached hydrogen (secondary N) is 1. The zero-order valence-electron chi connectivity index (χ0n) is 51.8. The highest BCUT2D eigenvalue weighted by Gasteiger charge is 2.20. The zero-order valence-corrected chi connectivity index (χ0v) is 51.8. The van der Waals surface area contributed by atoms with Gasteiger partial charge in [0, 0.05) is 12.8 Å². The fourth-order valence-electron chi connectivity index (χ4n) is 11.2. The molecular formula is C70H137NO5. The van der Waals surface area contributed by atoms with Crippen LogP contribution in [-0.2, 0) is 14.3 Å². The standard InChI is InChI=1S/C70H137NO5/c1-3-5-7-9-11-13-15-17-19-20-21-22-23-24-26-29-32-35-38-42-46-50-54-58-62-68(73)67(66-72)71-69(74)63-59-55-51-47-43-39-36-33-30-27-25-28-31-34-37-41-45-49-53-57-61-65-76-70(75)64-60-56-52-48-44-40-18-16-14-12-10-8-6-4-2/h27,30,67-68,72-73H,3-26,28-29,31-66H2,1-2H3,(H,71,74)/b30-27-. The molecule has 76 heavy (non-hydrogen) atoms. The summed E-state index contributed by atoms with van der Waals surface area (Å²) in [5.41, 5.74) is 0. The van der Waals surface area contributed by atoms with Crippen molar-refractivity contribution in [3.8, 4) is 0 Å². The van der Waals surface area contributed by atoms with Crippen molar-refractivity contribution < 1.29 is 24.5 Å². The van der Waals surface area contributed by atoms with Crippen LogP contribution in [0.5, 0.6) is 0 Å². The summed E-state index contributed by atoms with van der Waals surface area (Å²) in [6.45, 7) is 4.99. The first-order valence-electron chi connectivity index (χ1n) is 34.9. The summed E-state index contributed by atoms with van der Waals surface area (Å²) in [6, 6.07) is -0.548. The molecule has 0 spiro atoms. The second-order valence-corrected chi connectivity index (χ2v) is 24.2. The maximum Gasteiger partial charge on any atom is 0.305 e. The maximum atomic E-state index is 12.5. The van der Waals surface area contributed by atoms with Crippen LogP contribution in [0.4, 0.5) is 0 Å². The van der Waals surface area contributed by atoms with E-state index in [-0.39, 0.29) is 18.5 Å². The molecule has 452 valence electrons. The minimum absolute atomic E-state index is 0.0118. The van der Waals surface area contributed by atoms with E-state index in [4.69, 9.17) is 4.74 Å². The van der Waals surface area contributed by atoms with E-state index in [0.29, 0.717) is 25.9 Å². The summed E-state index contributed by atoms with van der Waals surface area (Å²) in [5, 5.41) is 23.4. The highest BCUT2D eigenvalue weighted by atomic mass is 16.5. The van der Waals surface area contributed by atoms with Gasteiger partial charge in [-0.2, -0.15) is 0 Å². The Bertz CT molecular complexity index is 1140. The SMILES string of the molecule is CCCCCCCCCCCCCCCCCCCCCCCCCCC(O)C(CO)NC(=O)CCCCCCCCC/C=C\CCCCCCCCCCCCOC(=O)CCCCCCCCCCCCCCCC. The number of carbonyl (C=O) groups is 2. The summed E-state index contributed by atoms with van der Waals surface area (Å²) in [4.78, 5) is 24.6. The number of aliphatic hydroxyl groups is 2. The third kappa shape index (κ3) is 61.8. The zero-order chi connectivity index (χ0) is 55.0. The first kappa shape index (κ1) is 74.6. The minimum atomic E-state index is -0.670. The maximum absolute atomic E-state index is 12.5. The number of allylic oxidation sites excluding steroid dienone is 2. The number of carbonyl (C=O) groups excluding carboxylic acids is 2. The molecule has 0 bridgehead atoms. The third-order valence-electron chi connectivity index (χ3n) is 16.6. The van der Waals surface area contributed by atoms with E-state index in [2.05, 4.69) is 31.3 Å². The molecule has 0 saturated carbocycles. The van der Waals surface area contributed by atoms with Crippen molar-refractivity contribution in [2.75, 3.05) is 13.2 Å². The average Bonchev–Trinajstić information content (AvgIpc) is 3.42. The summed E-state index contributed by atoms with van der Waals surface area (Å²) < 4.78 is 5.49. The largest absolute Gasteiger partial charge is 0.466 e. The topological polar surface area (TPSA) is 95.9 Å². The van der Waals surface area contributed by atoms with Gasteiger partial charge >= 0.3 is 5.97 Å². The van der Waals surface area contributed by atoms with Gasteiger partial charge in [-0.15, -0.1) is 0 Å². The van der Waals surface area contributed by atoms with Crippen molar-refractivity contribution >= 4 is 11.9 Å². The average molecular weight is 1070 g/mol. The van der Waals surface area contributed by atoms with Gasteiger partial charge in [0.25, 0.3) is 0 Å². The molecule has 0 aliphatic rings. The molecule has 3 N–H and O–H groups in total. The molecule has 0 fully saturated rings. The first-order valence-corrected chi connectivity index (χ1v) is 34.9. The molecule has 0 aliphatic carbocycles. The van der Waals surface area contributed by atoms with Gasteiger partial charge in [-0.1, -0.05) is 347 Å². The van der Waals surface area contributed by atoms with Crippen LogP contribution in [0.15, 0.2) is 12.2 Å². The van der Waals surface area contributed by atoms with Gasteiger partial charge in [-0.25, -0.2) is 0 Å². The van der Waals surface area contributed by atoms with Crippen LogP contribution in [0.25, 0.3) is 0 Å². The van der Waals surface area contributed by atoms with Gasteiger partial charge < -0.3 is 20.3 Å². The van der Waals surface area contributed by atoms with Crippen molar-refractivity contribution in [3.05, 3.63) is 12.2 Å². The van der Waals surface area contributed by atoms with E-state index in [1.54, 1.807) is 0 Å². The molecule has 0 aromatic carbocycles. The summed E-state index contributed by atoms with van der Waals surface area (Å²) in [6.07, 6.45) is 81.1. The molecule has 1 amide bonds. The molecule has 0 saturated heterocycles. The molecule has 0 heterocycles. The molecule has 2 atom stereocenters. The van der Waals surface area contributed by atoms with E-state index in [1.807, 2.05) is 0 Å². The van der Waals surface area contributed by atoms with Gasteiger partial charge in [0.05, 0.1) is 25.4 Å². The van der Waals surface area contributed by atoms with Crippen LogP contribution in [0, 0.1) is 0 Å². The lowest BCUT2D eigenvalue weighted by Gasteiger charge is -2.22. The lowest BCUT2D eigenvalue weighted by atomic mass is 10.0. The number of rotatable bonds is 66. The van der Waals surface area contributed by atoms with Gasteiger partial charge in [0.15, 0.2) is 0 Å². The molecular weight excluding hydrogens is 935 g/mol. The van der Waals surface area contributed by atoms with E-state index in [1.165, 1.54) is 327 Å². The number of unbranched alkanes of at least 4 members (excludes halogenated alkanes) is 53. The van der Waals surface area contributed by atoms with E-state index >= 15 is 0 Å². The van der Waals surface area contributed by atoms with E-state index in [9.17, 15) is 19.8 Å². The van der Waals surface area contributed by atoms with Crippen molar-refractivity contribution in [2.24, 2.45) is 0 Å². The number of hydrogen-bond donors (Lipinski definition) is 3. The molecule has 6 heteroatoms. The molecule has 0 aromatic rings. The van der Waals surface area contributed by atoms with Crippen LogP contribution in [0.3, 0.4) is 0 Å². The van der Waals surface area contributed by atoms with Crippen molar-refractivity contribution in [3.63, 3.8) is 0 Å². The molecule has 0 rings (SSSR count). The lowest BCUT2D eigenvalue weighted by Crippen LogP contribution is -2.45. The van der Waals surface area contributed by atoms with E-state index < -0.39 is 12.1 Å². The Labute approximate surface area is 476 Å². The number of ether oxygens (including phenoxy) is 1. The van der Waals surface area contributed by atoms with Gasteiger partial charge in [-0.3, -0.25) is 9.59 Å². The smallest absolute Gasteiger partial charge is 0.305 e. The molecule has 2 unspecified atom stereocenters. The Balaban J connectivity index is 3.41. The summed E-state index contributed by atoms with van der Waals surface area (Å²) in [7, 11) is 0. The quantitative estimate of drug-likeness (QED) is 0.0320. The third-order valence-corrected chi connectivity index (χ3v) is 16.6. The van der Waals surface area contributed by atoms with Crippen molar-refractivity contribution in [1.29, 1.82) is 0 Å². The van der Waals surface area contributed by atoms with Gasteiger partial charge in [0.1, 0.15) is 0 Å². The Kier molecular flexibility index (Phi) is 64.9. The van der Waals surface area contributed by atoms with E-state index in [0.717, 1.165) is 38.5 Å². The molecule has 0 radical (unpaired) electrons. The fraction of sp³-hybridized carbons (Fsp3) is 0.943. The number of aliphatic hydroxyl groups excluding tert-OH is 2. The van der Waals surface area contributed by atoms with Gasteiger partial charge in [-0.05, 0) is 51.4 Å².